The fourth-order valence-electron chi connectivity index (χ4n) is 6.17. The van der Waals surface area contributed by atoms with Crippen LogP contribution in [0.25, 0.3) is 0 Å². The van der Waals surface area contributed by atoms with Crippen molar-refractivity contribution < 1.29 is 29.3 Å². The lowest BCUT2D eigenvalue weighted by molar-refractivity contribution is -0.385. The number of esters is 2. The van der Waals surface area contributed by atoms with Gasteiger partial charge < -0.3 is 19.7 Å². The molecule has 6 nitrogen and oxygen atoms in total. The second-order valence-electron chi connectivity index (χ2n) is 14.4. The third-order valence-corrected chi connectivity index (χ3v) is 9.83. The predicted octanol–water partition coefficient (Wildman–Crippen LogP) is 12.9. The molecule has 0 saturated heterocycles. The minimum atomic E-state index is -2.49. The summed E-state index contributed by atoms with van der Waals surface area (Å²) >= 11 is 0. The van der Waals surface area contributed by atoms with E-state index in [9.17, 15) is 19.8 Å². The normalized spacial score (nSPS) is 13.6. The number of carbonyl (C=O) groups excluding carboxylic acids is 2. The van der Waals surface area contributed by atoms with Gasteiger partial charge in [0.25, 0.3) is 0 Å². The van der Waals surface area contributed by atoms with Gasteiger partial charge in [-0.05, 0) is 89.9 Å². The zero-order chi connectivity index (χ0) is 37.7. The van der Waals surface area contributed by atoms with Gasteiger partial charge in [-0.25, -0.2) is 0 Å². The predicted molar refractivity (Wildman–Crippen MR) is 215 cm³/mol. The summed E-state index contributed by atoms with van der Waals surface area (Å²) < 4.78 is 11.2. The molecule has 0 radical (unpaired) electrons. The zero-order valence-corrected chi connectivity index (χ0v) is 33.7. The molecule has 0 bridgehead atoms. The highest BCUT2D eigenvalue weighted by Gasteiger charge is 2.56. The van der Waals surface area contributed by atoms with E-state index in [0.717, 1.165) is 83.5 Å². The molecule has 296 valence electrons. The first-order valence-electron chi connectivity index (χ1n) is 21.2. The van der Waals surface area contributed by atoms with Crippen molar-refractivity contribution >= 4 is 11.9 Å². The van der Waals surface area contributed by atoms with Gasteiger partial charge in [0.2, 0.25) is 0 Å². The van der Waals surface area contributed by atoms with Crippen LogP contribution in [-0.4, -0.2) is 34.7 Å². The molecule has 0 spiro atoms. The molecule has 1 atom stereocenters. The van der Waals surface area contributed by atoms with Crippen LogP contribution in [0.3, 0.4) is 0 Å². The number of aliphatic hydroxyl groups excluding tert-OH is 1. The van der Waals surface area contributed by atoms with Crippen LogP contribution in [-0.2, 0) is 19.1 Å². The molecule has 0 aromatic carbocycles. The quantitative estimate of drug-likeness (QED) is 0.0290. The summed E-state index contributed by atoms with van der Waals surface area (Å²) in [4.78, 5) is 25.9. The van der Waals surface area contributed by atoms with E-state index in [1.807, 2.05) is 13.8 Å². The van der Waals surface area contributed by atoms with Crippen LogP contribution < -0.4 is 0 Å². The molecule has 0 aromatic rings. The minimum Gasteiger partial charge on any atom is -0.398 e. The van der Waals surface area contributed by atoms with Crippen LogP contribution >= 0.6 is 0 Å². The number of allylic oxidation sites excluding steroid dienone is 8. The van der Waals surface area contributed by atoms with Crippen LogP contribution in [0.15, 0.2) is 48.6 Å². The largest absolute Gasteiger partial charge is 0.398 e. The number of hydrogen-bond acceptors (Lipinski definition) is 6. The van der Waals surface area contributed by atoms with Crippen molar-refractivity contribution in [2.75, 3.05) is 6.61 Å². The fraction of sp³-hybridized carbons (Fsp3) is 0.778. The second kappa shape index (κ2) is 34.9. The molecule has 0 aliphatic rings. The van der Waals surface area contributed by atoms with Gasteiger partial charge in [0.1, 0.15) is 0 Å². The average molecular weight is 717 g/mol. The van der Waals surface area contributed by atoms with Gasteiger partial charge in [0.15, 0.2) is 0 Å². The molecule has 51 heavy (non-hydrogen) atoms. The van der Waals surface area contributed by atoms with Gasteiger partial charge in [-0.15, -0.1) is 0 Å². The standard InChI is InChI=1S/C45H80O6/c1-5-9-12-14-16-18-20-22-24-26-28-30-32-34-36-38-42(47)50-45(49,44(8-4,41-46)40-11-7-3)51-43(48)39-37-35-33-31-29-27-25-23-21-19-17-15-13-10-6-2/h16-19,22-25,46,49H,5-15,20-21,26-41H2,1-4H3/b18-16-,19-17-,24-22-,25-23-. The van der Waals surface area contributed by atoms with Crippen molar-refractivity contribution in [1.29, 1.82) is 0 Å². The smallest absolute Gasteiger partial charge is 0.381 e. The minimum absolute atomic E-state index is 0.133. The maximum Gasteiger partial charge on any atom is 0.381 e. The molecular formula is C45H80O6. The van der Waals surface area contributed by atoms with Crippen molar-refractivity contribution in [2.24, 2.45) is 5.41 Å². The molecule has 0 saturated carbocycles. The van der Waals surface area contributed by atoms with E-state index in [-0.39, 0.29) is 12.8 Å². The van der Waals surface area contributed by atoms with Gasteiger partial charge in [-0.3, -0.25) is 9.59 Å². The summed E-state index contributed by atoms with van der Waals surface area (Å²) in [5.74, 6) is -3.69. The maximum atomic E-state index is 13.0. The summed E-state index contributed by atoms with van der Waals surface area (Å²) in [6, 6.07) is 0. The third-order valence-electron chi connectivity index (χ3n) is 9.83. The SMILES string of the molecule is CCCCC/C=C\C/C=C\CCCCCCCC(=O)OC(O)(OC(=O)CCCCCCC/C=C\C/C=C\CCCCC)C(CC)(CO)CCCC. The monoisotopic (exact) mass is 717 g/mol. The Kier molecular flexibility index (Phi) is 33.4. The fourth-order valence-corrected chi connectivity index (χ4v) is 6.17. The topological polar surface area (TPSA) is 93.1 Å². The van der Waals surface area contributed by atoms with Crippen LogP contribution in [0.2, 0.25) is 0 Å². The Bertz CT molecular complexity index is 869. The van der Waals surface area contributed by atoms with Crippen LogP contribution in [0, 0.1) is 5.41 Å². The Labute approximate surface area is 314 Å². The summed E-state index contributed by atoms with van der Waals surface area (Å²) in [6.07, 6.45) is 44.3. The number of rotatable bonds is 36. The highest BCUT2D eigenvalue weighted by molar-refractivity contribution is 5.72. The lowest BCUT2D eigenvalue weighted by Crippen LogP contribution is -2.56. The second-order valence-corrected chi connectivity index (χ2v) is 14.4. The Hall–Kier alpha value is -2.18. The zero-order valence-electron chi connectivity index (χ0n) is 33.7. The van der Waals surface area contributed by atoms with Crippen molar-refractivity contribution in [3.63, 3.8) is 0 Å². The lowest BCUT2D eigenvalue weighted by atomic mass is 9.78. The Morgan fingerprint density at radius 2 is 0.843 bits per heavy atom. The first-order valence-corrected chi connectivity index (χ1v) is 21.2. The molecule has 2 N–H and O–H groups in total. The van der Waals surface area contributed by atoms with E-state index in [1.54, 1.807) is 0 Å². The van der Waals surface area contributed by atoms with E-state index >= 15 is 0 Å². The van der Waals surface area contributed by atoms with Gasteiger partial charge in [-0.2, -0.15) is 0 Å². The third kappa shape index (κ3) is 26.3. The number of hydrogen-bond donors (Lipinski definition) is 2. The molecule has 0 aliphatic heterocycles. The molecule has 0 rings (SSSR count). The number of ether oxygens (including phenoxy) is 2. The van der Waals surface area contributed by atoms with E-state index in [0.29, 0.717) is 32.1 Å². The van der Waals surface area contributed by atoms with Gasteiger partial charge in [-0.1, -0.05) is 153 Å². The van der Waals surface area contributed by atoms with E-state index in [4.69, 9.17) is 9.47 Å². The molecule has 0 heterocycles. The Balaban J connectivity index is 4.59. The van der Waals surface area contributed by atoms with Crippen LogP contribution in [0.1, 0.15) is 207 Å². The Morgan fingerprint density at radius 3 is 1.20 bits per heavy atom. The van der Waals surface area contributed by atoms with Crippen LogP contribution in [0.5, 0.6) is 0 Å². The summed E-state index contributed by atoms with van der Waals surface area (Å²) in [5, 5.41) is 22.1. The van der Waals surface area contributed by atoms with Crippen molar-refractivity contribution in [2.45, 2.75) is 213 Å². The van der Waals surface area contributed by atoms with Gasteiger partial charge in [0, 0.05) is 12.8 Å². The molecule has 0 fully saturated rings. The summed E-state index contributed by atoms with van der Waals surface area (Å²) in [6.45, 7) is 7.84. The number of unbranched alkanes of at least 4 members (excludes halogenated alkanes) is 17. The van der Waals surface area contributed by atoms with Crippen molar-refractivity contribution in [1.82, 2.24) is 0 Å². The maximum absolute atomic E-state index is 13.0. The summed E-state index contributed by atoms with van der Waals surface area (Å²) in [5.41, 5.74) is -1.27. The van der Waals surface area contributed by atoms with E-state index in [2.05, 4.69) is 62.5 Å². The molecule has 0 amide bonds. The summed E-state index contributed by atoms with van der Waals surface area (Å²) in [7, 11) is 0. The van der Waals surface area contributed by atoms with Crippen LogP contribution in [0.4, 0.5) is 0 Å². The lowest BCUT2D eigenvalue weighted by Gasteiger charge is -2.43. The highest BCUT2D eigenvalue weighted by atomic mass is 16.8. The Morgan fingerprint density at radius 1 is 0.490 bits per heavy atom. The van der Waals surface area contributed by atoms with Crippen molar-refractivity contribution in [3.05, 3.63) is 48.6 Å². The first kappa shape index (κ1) is 48.8. The first-order chi connectivity index (χ1) is 24.8. The van der Waals surface area contributed by atoms with Crippen molar-refractivity contribution in [3.8, 4) is 0 Å². The van der Waals surface area contributed by atoms with Gasteiger partial charge in [0.05, 0.1) is 12.0 Å². The molecule has 1 unspecified atom stereocenters. The molecule has 6 heteroatoms. The number of carbonyl (C=O) groups is 2. The van der Waals surface area contributed by atoms with E-state index in [1.165, 1.54) is 51.4 Å². The highest BCUT2D eigenvalue weighted by Crippen LogP contribution is 2.42. The molecule has 0 aromatic heterocycles. The van der Waals surface area contributed by atoms with E-state index < -0.39 is 29.9 Å². The molecule has 0 aliphatic carbocycles. The average Bonchev–Trinajstić information content (AvgIpc) is 3.12. The number of aliphatic hydroxyl groups is 2. The van der Waals surface area contributed by atoms with Gasteiger partial charge >= 0.3 is 17.9 Å². The molecular weight excluding hydrogens is 636 g/mol.